The number of nitrogens with one attached hydrogen (secondary N) is 1. The number of carbonyl (C=O) groups excluding carboxylic acids is 1. The Balaban J connectivity index is 1.92. The minimum atomic E-state index is -0.341. The molecule has 0 saturated heterocycles. The van der Waals surface area contributed by atoms with Gasteiger partial charge in [0.1, 0.15) is 17.3 Å². The molecule has 0 fully saturated rings. The molecule has 0 aliphatic carbocycles. The highest BCUT2D eigenvalue weighted by Gasteiger charge is 2.17. The first-order valence-corrected chi connectivity index (χ1v) is 10.2. The van der Waals surface area contributed by atoms with Crippen LogP contribution in [0.25, 0.3) is 10.9 Å². The SMILES string of the molecule is CC(C)Cn1ncc2cc(Oc3ccc(F)cc3)c(C(=O)NCCCN(C)C)cc21. The van der Waals surface area contributed by atoms with E-state index in [0.29, 0.717) is 29.5 Å². The number of ether oxygens (including phenoxy) is 1. The van der Waals surface area contributed by atoms with Gasteiger partial charge in [-0.1, -0.05) is 13.8 Å². The van der Waals surface area contributed by atoms with E-state index in [2.05, 4.69) is 29.2 Å². The van der Waals surface area contributed by atoms with E-state index in [1.54, 1.807) is 18.3 Å². The molecule has 0 aliphatic heterocycles. The molecule has 0 radical (unpaired) electrons. The Morgan fingerprint density at radius 3 is 2.63 bits per heavy atom. The third kappa shape index (κ3) is 5.57. The molecule has 160 valence electrons. The van der Waals surface area contributed by atoms with Gasteiger partial charge in [-0.05, 0) is 69.4 Å². The second-order valence-electron chi connectivity index (χ2n) is 8.10. The molecule has 1 amide bonds. The van der Waals surface area contributed by atoms with E-state index in [0.717, 1.165) is 30.4 Å². The summed E-state index contributed by atoms with van der Waals surface area (Å²) in [6.07, 6.45) is 2.62. The zero-order chi connectivity index (χ0) is 21.7. The smallest absolute Gasteiger partial charge is 0.255 e. The van der Waals surface area contributed by atoms with Crippen molar-refractivity contribution in [2.45, 2.75) is 26.8 Å². The minimum Gasteiger partial charge on any atom is -0.457 e. The van der Waals surface area contributed by atoms with E-state index in [1.807, 2.05) is 30.9 Å². The van der Waals surface area contributed by atoms with E-state index in [4.69, 9.17) is 4.74 Å². The van der Waals surface area contributed by atoms with E-state index in [1.165, 1.54) is 12.1 Å². The lowest BCUT2D eigenvalue weighted by molar-refractivity contribution is 0.0950. The Morgan fingerprint density at radius 1 is 1.23 bits per heavy atom. The Hall–Kier alpha value is -2.93. The molecule has 30 heavy (non-hydrogen) atoms. The van der Waals surface area contributed by atoms with Crippen LogP contribution in [0.3, 0.4) is 0 Å². The number of halogens is 1. The summed E-state index contributed by atoms with van der Waals surface area (Å²) in [6, 6.07) is 9.38. The van der Waals surface area contributed by atoms with Crippen molar-refractivity contribution >= 4 is 16.8 Å². The summed E-state index contributed by atoms with van der Waals surface area (Å²) >= 11 is 0. The van der Waals surface area contributed by atoms with E-state index in [-0.39, 0.29) is 11.7 Å². The quantitative estimate of drug-likeness (QED) is 0.532. The topological polar surface area (TPSA) is 59.4 Å². The normalized spacial score (nSPS) is 11.4. The first kappa shape index (κ1) is 21.8. The Morgan fingerprint density at radius 2 is 1.97 bits per heavy atom. The zero-order valence-corrected chi connectivity index (χ0v) is 18.0. The van der Waals surface area contributed by atoms with Gasteiger partial charge in [0.2, 0.25) is 0 Å². The number of hydrogen-bond donors (Lipinski definition) is 1. The van der Waals surface area contributed by atoms with Gasteiger partial charge in [0.15, 0.2) is 0 Å². The molecule has 0 saturated carbocycles. The van der Waals surface area contributed by atoms with Crippen LogP contribution >= 0.6 is 0 Å². The lowest BCUT2D eigenvalue weighted by Gasteiger charge is -2.14. The molecular formula is C23H29FN4O2. The number of benzene rings is 2. The van der Waals surface area contributed by atoms with Crippen molar-refractivity contribution in [1.82, 2.24) is 20.0 Å². The van der Waals surface area contributed by atoms with E-state index in [9.17, 15) is 9.18 Å². The van der Waals surface area contributed by atoms with Gasteiger partial charge in [-0.25, -0.2) is 4.39 Å². The van der Waals surface area contributed by atoms with Crippen LogP contribution in [0.5, 0.6) is 11.5 Å². The van der Waals surface area contributed by atoms with Crippen LogP contribution in [0.15, 0.2) is 42.6 Å². The first-order chi connectivity index (χ1) is 14.3. The number of rotatable bonds is 9. The molecule has 1 aromatic heterocycles. The van der Waals surface area contributed by atoms with Gasteiger partial charge in [-0.15, -0.1) is 0 Å². The maximum absolute atomic E-state index is 13.2. The van der Waals surface area contributed by atoms with Gasteiger partial charge in [0.05, 0.1) is 17.3 Å². The summed E-state index contributed by atoms with van der Waals surface area (Å²) in [7, 11) is 4.00. The minimum absolute atomic E-state index is 0.204. The van der Waals surface area contributed by atoms with Crippen molar-refractivity contribution in [3.05, 3.63) is 54.0 Å². The van der Waals surface area contributed by atoms with Crippen LogP contribution in [0.2, 0.25) is 0 Å². The number of aromatic nitrogens is 2. The van der Waals surface area contributed by atoms with E-state index < -0.39 is 0 Å². The summed E-state index contributed by atoms with van der Waals surface area (Å²) in [5.41, 5.74) is 1.32. The maximum atomic E-state index is 13.2. The van der Waals surface area contributed by atoms with Crippen molar-refractivity contribution < 1.29 is 13.9 Å². The molecule has 0 unspecified atom stereocenters. The van der Waals surface area contributed by atoms with Crippen LogP contribution in [0, 0.1) is 11.7 Å². The molecule has 7 heteroatoms. The molecule has 6 nitrogen and oxygen atoms in total. The zero-order valence-electron chi connectivity index (χ0n) is 18.0. The molecule has 3 rings (SSSR count). The number of carbonyl (C=O) groups is 1. The van der Waals surface area contributed by atoms with Gasteiger partial charge in [0.25, 0.3) is 5.91 Å². The fraction of sp³-hybridized carbons (Fsp3) is 0.391. The fourth-order valence-corrected chi connectivity index (χ4v) is 3.18. The third-order valence-electron chi connectivity index (χ3n) is 4.63. The molecule has 3 aromatic rings. The molecule has 1 heterocycles. The molecule has 0 atom stereocenters. The maximum Gasteiger partial charge on any atom is 0.255 e. The molecule has 0 aliphatic rings. The third-order valence-corrected chi connectivity index (χ3v) is 4.63. The van der Waals surface area contributed by atoms with Crippen molar-refractivity contribution in [3.8, 4) is 11.5 Å². The molecule has 0 spiro atoms. The van der Waals surface area contributed by atoms with Crippen LogP contribution < -0.4 is 10.1 Å². The second kappa shape index (κ2) is 9.71. The van der Waals surface area contributed by atoms with E-state index >= 15 is 0 Å². The fourth-order valence-electron chi connectivity index (χ4n) is 3.18. The number of nitrogens with zero attached hydrogens (tertiary/aromatic N) is 3. The molecule has 0 bridgehead atoms. The van der Waals surface area contributed by atoms with Gasteiger partial charge in [-0.2, -0.15) is 5.10 Å². The van der Waals surface area contributed by atoms with Crippen LogP contribution in [-0.2, 0) is 6.54 Å². The summed E-state index contributed by atoms with van der Waals surface area (Å²) in [6.45, 7) is 6.46. The predicted molar refractivity (Wildman–Crippen MR) is 117 cm³/mol. The van der Waals surface area contributed by atoms with Gasteiger partial charge in [-0.3, -0.25) is 9.48 Å². The summed E-state index contributed by atoms with van der Waals surface area (Å²) < 4.78 is 21.1. The molecule has 1 N–H and O–H groups in total. The van der Waals surface area contributed by atoms with Gasteiger partial charge >= 0.3 is 0 Å². The Labute approximate surface area is 176 Å². The lowest BCUT2D eigenvalue weighted by atomic mass is 10.1. The lowest BCUT2D eigenvalue weighted by Crippen LogP contribution is -2.27. The highest BCUT2D eigenvalue weighted by molar-refractivity contribution is 6.01. The second-order valence-corrected chi connectivity index (χ2v) is 8.10. The summed E-state index contributed by atoms with van der Waals surface area (Å²) in [5.74, 6) is 0.763. The van der Waals surface area contributed by atoms with Gasteiger partial charge < -0.3 is 15.0 Å². The van der Waals surface area contributed by atoms with Gasteiger partial charge in [0, 0.05) is 18.5 Å². The van der Waals surface area contributed by atoms with Crippen LogP contribution in [-0.4, -0.2) is 47.8 Å². The molecule has 2 aromatic carbocycles. The first-order valence-electron chi connectivity index (χ1n) is 10.2. The number of hydrogen-bond acceptors (Lipinski definition) is 4. The Bertz CT molecular complexity index is 996. The highest BCUT2D eigenvalue weighted by atomic mass is 19.1. The van der Waals surface area contributed by atoms with Crippen molar-refractivity contribution in [2.75, 3.05) is 27.2 Å². The van der Waals surface area contributed by atoms with Crippen molar-refractivity contribution in [1.29, 1.82) is 0 Å². The Kier molecular flexibility index (Phi) is 7.05. The number of fused-ring (bicyclic) bond motifs is 1. The van der Waals surface area contributed by atoms with Crippen molar-refractivity contribution in [3.63, 3.8) is 0 Å². The summed E-state index contributed by atoms with van der Waals surface area (Å²) in [4.78, 5) is 15.0. The predicted octanol–water partition coefficient (Wildman–Crippen LogP) is 4.31. The standard InChI is InChI=1S/C23H29FN4O2/c1-16(2)15-28-21-13-20(23(29)25-10-5-11-27(3)4)22(12-17(21)14-26-28)30-19-8-6-18(24)7-9-19/h6-9,12-14,16H,5,10-11,15H2,1-4H3,(H,25,29). The summed E-state index contributed by atoms with van der Waals surface area (Å²) in [5, 5.41) is 8.32. The van der Waals surface area contributed by atoms with Crippen LogP contribution in [0.1, 0.15) is 30.6 Å². The average Bonchev–Trinajstić information content (AvgIpc) is 3.07. The largest absolute Gasteiger partial charge is 0.457 e. The monoisotopic (exact) mass is 412 g/mol. The van der Waals surface area contributed by atoms with Crippen molar-refractivity contribution in [2.24, 2.45) is 5.92 Å². The average molecular weight is 413 g/mol. The number of amides is 1. The highest BCUT2D eigenvalue weighted by Crippen LogP contribution is 2.30. The van der Waals surface area contributed by atoms with Crippen LogP contribution in [0.4, 0.5) is 4.39 Å². The molecular weight excluding hydrogens is 383 g/mol.